The van der Waals surface area contributed by atoms with E-state index in [1.54, 1.807) is 19.2 Å². The third-order valence-corrected chi connectivity index (χ3v) is 5.59. The molecule has 0 unspecified atom stereocenters. The van der Waals surface area contributed by atoms with Crippen LogP contribution in [0.1, 0.15) is 24.0 Å². The van der Waals surface area contributed by atoms with Crippen molar-refractivity contribution in [3.8, 4) is 5.75 Å². The SMILES string of the molecule is COc1ccccc1CC(=O)N1CCC(NC(=O)/C=C/c2cc(Br)ccc2F)CC1. The number of hydrogen-bond donors (Lipinski definition) is 1. The third kappa shape index (κ3) is 5.92. The highest BCUT2D eigenvalue weighted by Gasteiger charge is 2.24. The maximum Gasteiger partial charge on any atom is 0.244 e. The number of halogens is 2. The van der Waals surface area contributed by atoms with Gasteiger partial charge in [0.05, 0.1) is 13.5 Å². The van der Waals surface area contributed by atoms with Crippen LogP contribution in [-0.4, -0.2) is 43.0 Å². The number of nitrogens with one attached hydrogen (secondary N) is 1. The summed E-state index contributed by atoms with van der Waals surface area (Å²) in [5, 5.41) is 2.93. The number of carbonyl (C=O) groups is 2. The molecule has 0 saturated carbocycles. The van der Waals surface area contributed by atoms with Crippen molar-refractivity contribution in [1.82, 2.24) is 10.2 Å². The van der Waals surface area contributed by atoms with Crippen molar-refractivity contribution in [3.05, 3.63) is 70.0 Å². The van der Waals surface area contributed by atoms with E-state index in [1.165, 1.54) is 18.2 Å². The number of benzene rings is 2. The predicted molar refractivity (Wildman–Crippen MR) is 118 cm³/mol. The van der Waals surface area contributed by atoms with Gasteiger partial charge in [0.2, 0.25) is 11.8 Å². The molecular weight excluding hydrogens is 451 g/mol. The molecular formula is C23H24BrFN2O3. The lowest BCUT2D eigenvalue weighted by Crippen LogP contribution is -2.46. The Morgan fingerprint density at radius 1 is 1.23 bits per heavy atom. The van der Waals surface area contributed by atoms with Gasteiger partial charge in [-0.25, -0.2) is 4.39 Å². The molecule has 1 heterocycles. The monoisotopic (exact) mass is 474 g/mol. The standard InChI is InChI=1S/C23H24BrFN2O3/c1-30-21-5-3-2-4-17(21)15-23(29)27-12-10-19(11-13-27)26-22(28)9-6-16-14-18(24)7-8-20(16)25/h2-9,14,19H,10-13,15H2,1H3,(H,26,28)/b9-6+. The summed E-state index contributed by atoms with van der Waals surface area (Å²) in [4.78, 5) is 26.6. The van der Waals surface area contributed by atoms with Gasteiger partial charge in [0.1, 0.15) is 11.6 Å². The van der Waals surface area contributed by atoms with Crippen LogP contribution >= 0.6 is 15.9 Å². The number of hydrogen-bond acceptors (Lipinski definition) is 3. The van der Waals surface area contributed by atoms with Crippen LogP contribution < -0.4 is 10.1 Å². The summed E-state index contributed by atoms with van der Waals surface area (Å²) in [7, 11) is 1.59. The minimum Gasteiger partial charge on any atom is -0.496 e. The zero-order valence-corrected chi connectivity index (χ0v) is 18.3. The second-order valence-electron chi connectivity index (χ2n) is 7.15. The van der Waals surface area contributed by atoms with Gasteiger partial charge in [-0.3, -0.25) is 9.59 Å². The Hall–Kier alpha value is -2.67. The van der Waals surface area contributed by atoms with E-state index in [4.69, 9.17) is 4.74 Å². The lowest BCUT2D eigenvalue weighted by atomic mass is 10.0. The fourth-order valence-electron chi connectivity index (χ4n) is 3.45. The predicted octanol–water partition coefficient (Wildman–Crippen LogP) is 3.96. The molecule has 0 spiro atoms. The van der Waals surface area contributed by atoms with Crippen molar-refractivity contribution in [3.63, 3.8) is 0 Å². The number of carbonyl (C=O) groups excluding carboxylic acids is 2. The van der Waals surface area contributed by atoms with Gasteiger partial charge >= 0.3 is 0 Å². The van der Waals surface area contributed by atoms with E-state index in [1.807, 2.05) is 29.2 Å². The molecule has 0 aromatic heterocycles. The normalized spacial score (nSPS) is 14.7. The van der Waals surface area contributed by atoms with Crippen LogP contribution in [0.3, 0.4) is 0 Å². The van der Waals surface area contributed by atoms with Gasteiger partial charge in [-0.2, -0.15) is 0 Å². The Balaban J connectivity index is 1.48. The average molecular weight is 475 g/mol. The second kappa shape index (κ2) is 10.4. The van der Waals surface area contributed by atoms with Crippen molar-refractivity contribution in [2.45, 2.75) is 25.3 Å². The Labute approximate surface area is 184 Å². The molecule has 5 nitrogen and oxygen atoms in total. The smallest absolute Gasteiger partial charge is 0.244 e. The summed E-state index contributed by atoms with van der Waals surface area (Å²) >= 11 is 3.29. The molecule has 158 valence electrons. The van der Waals surface area contributed by atoms with Crippen LogP contribution in [-0.2, 0) is 16.0 Å². The molecule has 0 bridgehead atoms. The van der Waals surface area contributed by atoms with Crippen LogP contribution in [0.4, 0.5) is 4.39 Å². The van der Waals surface area contributed by atoms with Crippen molar-refractivity contribution in [2.75, 3.05) is 20.2 Å². The lowest BCUT2D eigenvalue weighted by molar-refractivity contribution is -0.131. The number of para-hydroxylation sites is 1. The summed E-state index contributed by atoms with van der Waals surface area (Å²) in [5.41, 5.74) is 1.21. The number of piperidine rings is 1. The molecule has 2 amide bonds. The number of rotatable bonds is 6. The first kappa shape index (κ1) is 22.0. The van der Waals surface area contributed by atoms with Crippen molar-refractivity contribution in [1.29, 1.82) is 0 Å². The number of ether oxygens (including phenoxy) is 1. The molecule has 1 aliphatic heterocycles. The van der Waals surface area contributed by atoms with E-state index >= 15 is 0 Å². The molecule has 0 atom stereocenters. The largest absolute Gasteiger partial charge is 0.496 e. The molecule has 1 N–H and O–H groups in total. The number of likely N-dealkylation sites (tertiary alicyclic amines) is 1. The van der Waals surface area contributed by atoms with E-state index < -0.39 is 0 Å². The number of amides is 2. The third-order valence-electron chi connectivity index (χ3n) is 5.10. The molecule has 0 aliphatic carbocycles. The van der Waals surface area contributed by atoms with Crippen LogP contribution in [0.2, 0.25) is 0 Å². The molecule has 3 rings (SSSR count). The maximum absolute atomic E-state index is 13.8. The summed E-state index contributed by atoms with van der Waals surface area (Å²) in [6, 6.07) is 12.1. The Morgan fingerprint density at radius 3 is 2.70 bits per heavy atom. The zero-order chi connectivity index (χ0) is 21.5. The average Bonchev–Trinajstić information content (AvgIpc) is 2.75. The van der Waals surface area contributed by atoms with Gasteiger partial charge in [0.15, 0.2) is 0 Å². The Kier molecular flexibility index (Phi) is 7.63. The topological polar surface area (TPSA) is 58.6 Å². The van der Waals surface area contributed by atoms with Gasteiger partial charge in [-0.1, -0.05) is 34.1 Å². The van der Waals surface area contributed by atoms with Gasteiger partial charge in [-0.05, 0) is 43.2 Å². The summed E-state index contributed by atoms with van der Waals surface area (Å²) in [6.45, 7) is 1.17. The molecule has 1 saturated heterocycles. The molecule has 2 aromatic rings. The fourth-order valence-corrected chi connectivity index (χ4v) is 3.83. The second-order valence-corrected chi connectivity index (χ2v) is 8.07. The molecule has 7 heteroatoms. The van der Waals surface area contributed by atoms with Gasteiger partial charge in [0.25, 0.3) is 0 Å². The molecule has 30 heavy (non-hydrogen) atoms. The first-order chi connectivity index (χ1) is 14.5. The first-order valence-electron chi connectivity index (χ1n) is 9.79. The van der Waals surface area contributed by atoms with Crippen molar-refractivity contribution >= 4 is 33.8 Å². The van der Waals surface area contributed by atoms with Gasteiger partial charge in [-0.15, -0.1) is 0 Å². The van der Waals surface area contributed by atoms with Crippen LogP contribution in [0.15, 0.2) is 53.0 Å². The zero-order valence-electron chi connectivity index (χ0n) is 16.7. The Bertz CT molecular complexity index is 940. The Morgan fingerprint density at radius 2 is 1.97 bits per heavy atom. The van der Waals surface area contributed by atoms with E-state index in [0.717, 1.165) is 10.0 Å². The van der Waals surface area contributed by atoms with Gasteiger partial charge < -0.3 is 15.0 Å². The first-order valence-corrected chi connectivity index (χ1v) is 10.6. The fraction of sp³-hybridized carbons (Fsp3) is 0.304. The summed E-state index contributed by atoms with van der Waals surface area (Å²) in [5.74, 6) is 0.105. The van der Waals surface area contributed by atoms with Crippen molar-refractivity contribution in [2.24, 2.45) is 0 Å². The lowest BCUT2D eigenvalue weighted by Gasteiger charge is -2.32. The maximum atomic E-state index is 13.8. The highest BCUT2D eigenvalue weighted by Crippen LogP contribution is 2.20. The van der Waals surface area contributed by atoms with E-state index in [-0.39, 0.29) is 23.7 Å². The highest BCUT2D eigenvalue weighted by atomic mass is 79.9. The van der Waals surface area contributed by atoms with Crippen molar-refractivity contribution < 1.29 is 18.7 Å². The van der Waals surface area contributed by atoms with Crippen LogP contribution in [0.25, 0.3) is 6.08 Å². The highest BCUT2D eigenvalue weighted by molar-refractivity contribution is 9.10. The van der Waals surface area contributed by atoms with E-state index in [9.17, 15) is 14.0 Å². The summed E-state index contributed by atoms with van der Waals surface area (Å²) < 4.78 is 19.8. The van der Waals surface area contributed by atoms with Gasteiger partial charge in [0, 0.05) is 40.8 Å². The number of nitrogens with zero attached hydrogens (tertiary/aromatic N) is 1. The van der Waals surface area contributed by atoms with Crippen LogP contribution in [0.5, 0.6) is 5.75 Å². The molecule has 2 aromatic carbocycles. The quantitative estimate of drug-likeness (QED) is 0.644. The molecule has 1 fully saturated rings. The minimum absolute atomic E-state index is 0.00943. The van der Waals surface area contributed by atoms with Crippen LogP contribution in [0, 0.1) is 5.82 Å². The molecule has 0 radical (unpaired) electrons. The minimum atomic E-state index is -0.385. The number of methoxy groups -OCH3 is 1. The van der Waals surface area contributed by atoms with E-state index in [2.05, 4.69) is 21.2 Å². The molecule has 1 aliphatic rings. The summed E-state index contributed by atoms with van der Waals surface area (Å²) in [6.07, 6.45) is 4.46. The van der Waals surface area contributed by atoms with E-state index in [0.29, 0.717) is 43.7 Å².